The highest BCUT2D eigenvalue weighted by molar-refractivity contribution is 5.80. The smallest absolute Gasteiger partial charge is 0.193 e. The molecule has 4 rings (SSSR count). The Bertz CT molecular complexity index is 825. The van der Waals surface area contributed by atoms with E-state index in [1.165, 1.54) is 31.2 Å². The predicted molar refractivity (Wildman–Crippen MR) is 127 cm³/mol. The van der Waals surface area contributed by atoms with Gasteiger partial charge in [-0.15, -0.1) is 0 Å². The molecule has 0 aliphatic carbocycles. The van der Waals surface area contributed by atoms with E-state index >= 15 is 0 Å². The van der Waals surface area contributed by atoms with Crippen LogP contribution in [-0.4, -0.2) is 55.2 Å². The molecule has 0 radical (unpaired) electrons. The summed E-state index contributed by atoms with van der Waals surface area (Å²) in [5.41, 5.74) is 1.25. The molecule has 166 valence electrons. The van der Waals surface area contributed by atoms with Gasteiger partial charge < -0.3 is 19.9 Å². The Hall–Kier alpha value is -2.76. The van der Waals surface area contributed by atoms with E-state index in [1.54, 1.807) is 0 Å². The predicted octanol–water partition coefficient (Wildman–Crippen LogP) is 4.08. The molecule has 3 heterocycles. The average molecular weight is 422 g/mol. The fourth-order valence-electron chi connectivity index (χ4n) is 4.43. The van der Waals surface area contributed by atoms with E-state index in [0.717, 1.165) is 63.1 Å². The maximum atomic E-state index is 6.13. The SMILES string of the molecule is CN=C(NCc1ccnc(N2CCCCCC2)c1)N1CCC(Oc2ccccc2)CC1. The van der Waals surface area contributed by atoms with Gasteiger partial charge in [0, 0.05) is 58.8 Å². The molecule has 2 aliphatic rings. The zero-order valence-electron chi connectivity index (χ0n) is 18.7. The van der Waals surface area contributed by atoms with E-state index in [9.17, 15) is 0 Å². The normalized spacial score (nSPS) is 18.5. The molecule has 2 fully saturated rings. The number of ether oxygens (including phenoxy) is 1. The van der Waals surface area contributed by atoms with E-state index in [0.29, 0.717) is 0 Å². The number of nitrogens with zero attached hydrogens (tertiary/aromatic N) is 4. The number of rotatable bonds is 5. The Morgan fingerprint density at radius 1 is 1.03 bits per heavy atom. The Balaban J connectivity index is 1.27. The maximum Gasteiger partial charge on any atom is 0.193 e. The minimum atomic E-state index is 0.271. The summed E-state index contributed by atoms with van der Waals surface area (Å²) in [5, 5.41) is 3.55. The van der Waals surface area contributed by atoms with Gasteiger partial charge in [0.15, 0.2) is 5.96 Å². The highest BCUT2D eigenvalue weighted by Crippen LogP contribution is 2.20. The number of hydrogen-bond donors (Lipinski definition) is 1. The van der Waals surface area contributed by atoms with Crippen LogP contribution in [0.2, 0.25) is 0 Å². The molecule has 0 atom stereocenters. The lowest BCUT2D eigenvalue weighted by Gasteiger charge is -2.34. The van der Waals surface area contributed by atoms with Gasteiger partial charge >= 0.3 is 0 Å². The summed E-state index contributed by atoms with van der Waals surface area (Å²) in [5.74, 6) is 3.03. The van der Waals surface area contributed by atoms with Crippen LogP contribution >= 0.6 is 0 Å². The third-order valence-corrected chi connectivity index (χ3v) is 6.19. The summed E-state index contributed by atoms with van der Waals surface area (Å²) in [6.07, 6.45) is 9.41. The first-order valence-electron chi connectivity index (χ1n) is 11.7. The number of pyridine rings is 1. The molecule has 6 nitrogen and oxygen atoms in total. The molecule has 1 aromatic heterocycles. The number of aliphatic imine (C=N–C) groups is 1. The zero-order valence-corrected chi connectivity index (χ0v) is 18.7. The lowest BCUT2D eigenvalue weighted by Crippen LogP contribution is -2.47. The highest BCUT2D eigenvalue weighted by atomic mass is 16.5. The first-order chi connectivity index (χ1) is 15.3. The van der Waals surface area contributed by atoms with Gasteiger partial charge in [-0.1, -0.05) is 31.0 Å². The van der Waals surface area contributed by atoms with Gasteiger partial charge in [0.05, 0.1) is 0 Å². The van der Waals surface area contributed by atoms with Crippen LogP contribution in [0, 0.1) is 0 Å². The number of benzene rings is 1. The van der Waals surface area contributed by atoms with Gasteiger partial charge in [0.2, 0.25) is 0 Å². The van der Waals surface area contributed by atoms with Crippen molar-refractivity contribution in [3.63, 3.8) is 0 Å². The first-order valence-corrected chi connectivity index (χ1v) is 11.7. The van der Waals surface area contributed by atoms with Crippen LogP contribution in [0.25, 0.3) is 0 Å². The van der Waals surface area contributed by atoms with Gasteiger partial charge in [0.1, 0.15) is 17.7 Å². The third-order valence-electron chi connectivity index (χ3n) is 6.19. The Labute approximate surface area is 186 Å². The second kappa shape index (κ2) is 11.0. The third kappa shape index (κ3) is 6.12. The van der Waals surface area contributed by atoms with Gasteiger partial charge in [-0.25, -0.2) is 4.98 Å². The van der Waals surface area contributed by atoms with E-state index in [-0.39, 0.29) is 6.10 Å². The number of nitrogens with one attached hydrogen (secondary N) is 1. The van der Waals surface area contributed by atoms with Crippen molar-refractivity contribution >= 4 is 11.8 Å². The van der Waals surface area contributed by atoms with Crippen LogP contribution in [0.5, 0.6) is 5.75 Å². The van der Waals surface area contributed by atoms with Crippen LogP contribution in [0.4, 0.5) is 5.82 Å². The van der Waals surface area contributed by atoms with Crippen molar-refractivity contribution < 1.29 is 4.74 Å². The highest BCUT2D eigenvalue weighted by Gasteiger charge is 2.22. The minimum absolute atomic E-state index is 0.271. The summed E-state index contributed by atoms with van der Waals surface area (Å²) in [4.78, 5) is 13.9. The van der Waals surface area contributed by atoms with Gasteiger partial charge in [0.25, 0.3) is 0 Å². The molecule has 6 heteroatoms. The molecule has 31 heavy (non-hydrogen) atoms. The molecule has 2 saturated heterocycles. The molecule has 2 aromatic rings. The molecular formula is C25H35N5O. The number of hydrogen-bond acceptors (Lipinski definition) is 4. The maximum absolute atomic E-state index is 6.13. The zero-order chi connectivity index (χ0) is 21.3. The number of para-hydroxylation sites is 1. The molecule has 0 bridgehead atoms. The summed E-state index contributed by atoms with van der Waals surface area (Å²) < 4.78 is 6.13. The molecule has 0 spiro atoms. The number of aromatic nitrogens is 1. The van der Waals surface area contributed by atoms with Gasteiger partial charge in [-0.05, 0) is 42.7 Å². The largest absolute Gasteiger partial charge is 0.490 e. The van der Waals surface area contributed by atoms with Crippen molar-refractivity contribution in [1.82, 2.24) is 15.2 Å². The lowest BCUT2D eigenvalue weighted by atomic mass is 10.1. The number of guanidine groups is 1. The van der Waals surface area contributed by atoms with Crippen LogP contribution in [0.3, 0.4) is 0 Å². The molecule has 2 aliphatic heterocycles. The van der Waals surface area contributed by atoms with Crippen LogP contribution in [0.15, 0.2) is 53.7 Å². The standard InChI is InChI=1S/C25H35N5O/c1-26-25(30-17-12-23(13-18-30)31-22-9-5-4-6-10-22)28-20-21-11-14-27-24(19-21)29-15-7-2-3-8-16-29/h4-6,9-11,14,19,23H,2-3,7-8,12-13,15-18,20H2,1H3,(H,26,28). The van der Waals surface area contributed by atoms with Crippen LogP contribution < -0.4 is 15.0 Å². The molecular weight excluding hydrogens is 386 g/mol. The van der Waals surface area contributed by atoms with Crippen molar-refractivity contribution in [3.05, 3.63) is 54.2 Å². The quantitative estimate of drug-likeness (QED) is 0.582. The second-order valence-electron chi connectivity index (χ2n) is 8.44. The molecule has 1 N–H and O–H groups in total. The fraction of sp³-hybridized carbons (Fsp3) is 0.520. The number of likely N-dealkylation sites (tertiary alicyclic amines) is 1. The van der Waals surface area contributed by atoms with Crippen molar-refractivity contribution in [2.75, 3.05) is 38.1 Å². The fourth-order valence-corrected chi connectivity index (χ4v) is 4.43. The topological polar surface area (TPSA) is 53.0 Å². The van der Waals surface area contributed by atoms with E-state index in [1.807, 2.05) is 43.6 Å². The molecule has 0 saturated carbocycles. The van der Waals surface area contributed by atoms with E-state index < -0.39 is 0 Å². The van der Waals surface area contributed by atoms with Gasteiger partial charge in [-0.2, -0.15) is 0 Å². The number of piperidine rings is 1. The summed E-state index contributed by atoms with van der Waals surface area (Å²) in [6.45, 7) is 4.90. The van der Waals surface area contributed by atoms with Crippen LogP contribution in [0.1, 0.15) is 44.1 Å². The second-order valence-corrected chi connectivity index (χ2v) is 8.44. The van der Waals surface area contributed by atoms with Crippen molar-refractivity contribution in [2.45, 2.75) is 51.2 Å². The van der Waals surface area contributed by atoms with Crippen molar-refractivity contribution in [1.29, 1.82) is 0 Å². The van der Waals surface area contributed by atoms with Crippen LogP contribution in [-0.2, 0) is 6.54 Å². The lowest BCUT2D eigenvalue weighted by molar-refractivity contribution is 0.129. The Kier molecular flexibility index (Phi) is 7.64. The first kappa shape index (κ1) is 21.5. The van der Waals surface area contributed by atoms with Crippen molar-refractivity contribution in [3.8, 4) is 5.75 Å². The monoisotopic (exact) mass is 421 g/mol. The minimum Gasteiger partial charge on any atom is -0.490 e. The molecule has 0 amide bonds. The average Bonchev–Trinajstić information content (AvgIpc) is 3.11. The van der Waals surface area contributed by atoms with Gasteiger partial charge in [-0.3, -0.25) is 4.99 Å². The Morgan fingerprint density at radius 2 is 1.77 bits per heavy atom. The number of anilines is 1. The Morgan fingerprint density at radius 3 is 2.48 bits per heavy atom. The summed E-state index contributed by atoms with van der Waals surface area (Å²) in [6, 6.07) is 14.4. The molecule has 0 unspecified atom stereocenters. The van der Waals surface area contributed by atoms with E-state index in [4.69, 9.17) is 4.74 Å². The summed E-state index contributed by atoms with van der Waals surface area (Å²) in [7, 11) is 1.87. The molecule has 1 aromatic carbocycles. The van der Waals surface area contributed by atoms with Crippen molar-refractivity contribution in [2.24, 2.45) is 4.99 Å². The van der Waals surface area contributed by atoms with E-state index in [2.05, 4.69) is 37.2 Å². The summed E-state index contributed by atoms with van der Waals surface area (Å²) >= 11 is 0.